The Morgan fingerprint density at radius 1 is 1.00 bits per heavy atom. The molecule has 3 nitrogen and oxygen atoms in total. The van der Waals surface area contributed by atoms with Gasteiger partial charge in [0.05, 0.1) is 5.92 Å². The predicted octanol–water partition coefficient (Wildman–Crippen LogP) is 4.66. The van der Waals surface area contributed by atoms with Crippen LogP contribution in [0.25, 0.3) is 10.8 Å². The van der Waals surface area contributed by atoms with Crippen molar-refractivity contribution >= 4 is 16.7 Å². The van der Waals surface area contributed by atoms with Crippen molar-refractivity contribution in [2.75, 3.05) is 0 Å². The summed E-state index contributed by atoms with van der Waals surface area (Å²) in [5, 5.41) is 12.0. The molecule has 0 amide bonds. The summed E-state index contributed by atoms with van der Waals surface area (Å²) in [6.45, 7) is 1.97. The first-order chi connectivity index (χ1) is 12.1. The van der Waals surface area contributed by atoms with E-state index in [1.807, 2.05) is 49.4 Å². The monoisotopic (exact) mass is 333 g/mol. The highest BCUT2D eigenvalue weighted by atomic mass is 16.4. The van der Waals surface area contributed by atoms with Crippen LogP contribution in [0.2, 0.25) is 0 Å². The Labute approximate surface area is 148 Å². The van der Waals surface area contributed by atoms with Gasteiger partial charge in [-0.3, -0.25) is 4.79 Å². The van der Waals surface area contributed by atoms with Gasteiger partial charge in [-0.15, -0.1) is 0 Å². The van der Waals surface area contributed by atoms with E-state index in [0.717, 1.165) is 22.1 Å². The maximum absolute atomic E-state index is 11.7. The van der Waals surface area contributed by atoms with Gasteiger partial charge in [0.1, 0.15) is 0 Å². The molecule has 3 aromatic rings. The van der Waals surface area contributed by atoms with Gasteiger partial charge in [-0.05, 0) is 53.3 Å². The Kier molecular flexibility index (Phi) is 5.15. The van der Waals surface area contributed by atoms with E-state index in [1.54, 1.807) is 0 Å². The van der Waals surface area contributed by atoms with Crippen LogP contribution in [0.5, 0.6) is 0 Å². The van der Waals surface area contributed by atoms with Crippen LogP contribution >= 0.6 is 0 Å². The molecule has 0 saturated carbocycles. The number of carboxylic acid groups (broad SMARTS) is 1. The van der Waals surface area contributed by atoms with Crippen LogP contribution in [-0.2, 0) is 11.2 Å². The number of hydrogen-bond acceptors (Lipinski definition) is 2. The van der Waals surface area contributed by atoms with Crippen LogP contribution in [-0.4, -0.2) is 11.1 Å². The highest BCUT2D eigenvalue weighted by Crippen LogP contribution is 2.28. The summed E-state index contributed by atoms with van der Waals surface area (Å²) in [6, 6.07) is 21.8. The standard InChI is InChI=1S/C22H23NO2/c1-15(23)19-13-17-9-5-6-10-20(17)18(14-19)11-12-21(22(24)25)16-7-3-2-4-8-16/h2-10,13-15,21H,11-12,23H2,1H3,(H,24,25). The van der Waals surface area contributed by atoms with E-state index >= 15 is 0 Å². The second-order valence-electron chi connectivity index (χ2n) is 6.53. The Bertz CT molecular complexity index is 872. The first kappa shape index (κ1) is 17.2. The minimum Gasteiger partial charge on any atom is -0.481 e. The van der Waals surface area contributed by atoms with Crippen molar-refractivity contribution in [1.29, 1.82) is 0 Å². The summed E-state index contributed by atoms with van der Waals surface area (Å²) >= 11 is 0. The van der Waals surface area contributed by atoms with Crippen molar-refractivity contribution in [2.24, 2.45) is 5.73 Å². The molecular formula is C22H23NO2. The van der Waals surface area contributed by atoms with Gasteiger partial charge in [0.25, 0.3) is 0 Å². The second-order valence-corrected chi connectivity index (χ2v) is 6.53. The van der Waals surface area contributed by atoms with Crippen molar-refractivity contribution in [3.8, 4) is 0 Å². The summed E-state index contributed by atoms with van der Waals surface area (Å²) < 4.78 is 0. The molecule has 2 atom stereocenters. The quantitative estimate of drug-likeness (QED) is 0.689. The highest BCUT2D eigenvalue weighted by molar-refractivity contribution is 5.86. The summed E-state index contributed by atoms with van der Waals surface area (Å²) in [6.07, 6.45) is 1.26. The number of aliphatic carboxylic acids is 1. The molecule has 0 radical (unpaired) electrons. The van der Waals surface area contributed by atoms with Gasteiger partial charge in [-0.1, -0.05) is 60.7 Å². The fourth-order valence-electron chi connectivity index (χ4n) is 3.30. The van der Waals surface area contributed by atoms with Gasteiger partial charge >= 0.3 is 5.97 Å². The zero-order valence-corrected chi connectivity index (χ0v) is 14.4. The van der Waals surface area contributed by atoms with E-state index in [4.69, 9.17) is 5.73 Å². The maximum Gasteiger partial charge on any atom is 0.310 e. The lowest BCUT2D eigenvalue weighted by Crippen LogP contribution is -2.13. The zero-order valence-electron chi connectivity index (χ0n) is 14.4. The van der Waals surface area contributed by atoms with Crippen molar-refractivity contribution in [2.45, 2.75) is 31.7 Å². The number of fused-ring (bicyclic) bond motifs is 1. The summed E-state index contributed by atoms with van der Waals surface area (Å²) in [5.41, 5.74) is 9.17. The lowest BCUT2D eigenvalue weighted by molar-refractivity contribution is -0.138. The third kappa shape index (κ3) is 3.89. The second kappa shape index (κ2) is 7.49. The summed E-state index contributed by atoms with van der Waals surface area (Å²) in [4.78, 5) is 11.7. The number of hydrogen-bond donors (Lipinski definition) is 2. The molecular weight excluding hydrogens is 310 g/mol. The van der Waals surface area contributed by atoms with Crippen molar-refractivity contribution in [3.63, 3.8) is 0 Å². The van der Waals surface area contributed by atoms with Gasteiger partial charge in [0.2, 0.25) is 0 Å². The van der Waals surface area contributed by atoms with E-state index in [9.17, 15) is 9.90 Å². The Hall–Kier alpha value is -2.65. The van der Waals surface area contributed by atoms with Crippen molar-refractivity contribution in [1.82, 2.24) is 0 Å². The molecule has 0 spiro atoms. The largest absolute Gasteiger partial charge is 0.481 e. The molecule has 3 N–H and O–H groups in total. The maximum atomic E-state index is 11.7. The molecule has 0 saturated heterocycles. The normalized spacial score (nSPS) is 13.5. The zero-order chi connectivity index (χ0) is 17.8. The minimum atomic E-state index is -0.779. The van der Waals surface area contributed by atoms with Gasteiger partial charge < -0.3 is 10.8 Å². The van der Waals surface area contributed by atoms with Crippen molar-refractivity contribution in [3.05, 3.63) is 83.4 Å². The fraction of sp³-hybridized carbons (Fsp3) is 0.227. The first-order valence-corrected chi connectivity index (χ1v) is 8.61. The SMILES string of the molecule is CC(N)c1cc(CCC(C(=O)O)c2ccccc2)c2ccccc2c1. The molecule has 128 valence electrons. The Morgan fingerprint density at radius 2 is 1.68 bits per heavy atom. The lowest BCUT2D eigenvalue weighted by Gasteiger charge is -2.16. The van der Waals surface area contributed by atoms with E-state index in [1.165, 1.54) is 5.39 Å². The molecule has 0 aliphatic heterocycles. The number of aryl methyl sites for hydroxylation is 1. The van der Waals surface area contributed by atoms with E-state index in [0.29, 0.717) is 12.8 Å². The van der Waals surface area contributed by atoms with Gasteiger partial charge in [-0.2, -0.15) is 0 Å². The van der Waals surface area contributed by atoms with Gasteiger partial charge in [0.15, 0.2) is 0 Å². The van der Waals surface area contributed by atoms with Crippen LogP contribution in [0, 0.1) is 0 Å². The average Bonchev–Trinajstić information content (AvgIpc) is 2.62. The topological polar surface area (TPSA) is 63.3 Å². The highest BCUT2D eigenvalue weighted by Gasteiger charge is 2.20. The molecule has 0 aromatic heterocycles. The van der Waals surface area contributed by atoms with Crippen molar-refractivity contribution < 1.29 is 9.90 Å². The van der Waals surface area contributed by atoms with E-state index in [-0.39, 0.29) is 6.04 Å². The molecule has 2 unspecified atom stereocenters. The third-order valence-corrected chi connectivity index (χ3v) is 4.70. The van der Waals surface area contributed by atoms with E-state index < -0.39 is 11.9 Å². The first-order valence-electron chi connectivity index (χ1n) is 8.61. The molecule has 25 heavy (non-hydrogen) atoms. The van der Waals surface area contributed by atoms with Gasteiger partial charge in [-0.25, -0.2) is 0 Å². The average molecular weight is 333 g/mol. The number of benzene rings is 3. The van der Waals surface area contributed by atoms with Crippen LogP contribution in [0.4, 0.5) is 0 Å². The molecule has 0 aliphatic rings. The molecule has 3 rings (SSSR count). The lowest BCUT2D eigenvalue weighted by atomic mass is 9.89. The molecule has 3 heteroatoms. The molecule has 0 bridgehead atoms. The van der Waals surface area contributed by atoms with E-state index in [2.05, 4.69) is 24.3 Å². The third-order valence-electron chi connectivity index (χ3n) is 4.70. The Balaban J connectivity index is 1.92. The van der Waals surface area contributed by atoms with Crippen LogP contribution < -0.4 is 5.73 Å². The molecule has 0 fully saturated rings. The van der Waals surface area contributed by atoms with Crippen LogP contribution in [0.3, 0.4) is 0 Å². The number of carbonyl (C=O) groups is 1. The molecule has 0 heterocycles. The number of nitrogens with two attached hydrogens (primary N) is 1. The number of carboxylic acids is 1. The Morgan fingerprint density at radius 3 is 2.36 bits per heavy atom. The molecule has 3 aromatic carbocycles. The number of rotatable bonds is 6. The van der Waals surface area contributed by atoms with Crippen LogP contribution in [0.1, 0.15) is 42.0 Å². The van der Waals surface area contributed by atoms with Gasteiger partial charge in [0, 0.05) is 6.04 Å². The smallest absolute Gasteiger partial charge is 0.310 e. The van der Waals surface area contributed by atoms with Crippen LogP contribution in [0.15, 0.2) is 66.7 Å². The summed E-state index contributed by atoms with van der Waals surface area (Å²) in [7, 11) is 0. The fourth-order valence-corrected chi connectivity index (χ4v) is 3.30. The minimum absolute atomic E-state index is 0.0484. The predicted molar refractivity (Wildman–Crippen MR) is 102 cm³/mol. The molecule has 0 aliphatic carbocycles. The summed E-state index contributed by atoms with van der Waals surface area (Å²) in [5.74, 6) is -1.28.